The molecule has 2 rings (SSSR count). The maximum absolute atomic E-state index is 13.4. The Labute approximate surface area is 108 Å². The molecular weight excluding hydrogens is 283 g/mol. The fourth-order valence-electron chi connectivity index (χ4n) is 1.66. The molecule has 0 saturated heterocycles. The molecule has 0 spiro atoms. The van der Waals surface area contributed by atoms with Crippen molar-refractivity contribution in [1.29, 1.82) is 0 Å². The van der Waals surface area contributed by atoms with Crippen molar-refractivity contribution in [3.05, 3.63) is 64.1 Å². The van der Waals surface area contributed by atoms with Crippen molar-refractivity contribution in [3.8, 4) is 0 Å². The van der Waals surface area contributed by atoms with Crippen LogP contribution >= 0.6 is 15.9 Å². The fourth-order valence-corrected chi connectivity index (χ4v) is 2.22. The van der Waals surface area contributed by atoms with Crippen LogP contribution in [0.15, 0.2) is 47.1 Å². The van der Waals surface area contributed by atoms with Gasteiger partial charge in [-0.05, 0) is 39.7 Å². The van der Waals surface area contributed by atoms with Crippen molar-refractivity contribution in [3.63, 3.8) is 0 Å². The summed E-state index contributed by atoms with van der Waals surface area (Å²) in [5, 5.41) is 0. The van der Waals surface area contributed by atoms with E-state index in [4.69, 9.17) is 5.73 Å². The van der Waals surface area contributed by atoms with Crippen molar-refractivity contribution in [2.24, 2.45) is 5.73 Å². The lowest BCUT2D eigenvalue weighted by Gasteiger charge is -2.13. The van der Waals surface area contributed by atoms with Gasteiger partial charge in [-0.3, -0.25) is 4.98 Å². The Kier molecular flexibility index (Phi) is 3.86. The Morgan fingerprint density at radius 3 is 2.76 bits per heavy atom. The zero-order chi connectivity index (χ0) is 12.3. The first kappa shape index (κ1) is 12.2. The number of hydrogen-bond acceptors (Lipinski definition) is 2. The normalized spacial score (nSPS) is 12.4. The molecule has 0 aliphatic heterocycles. The molecule has 1 heterocycles. The highest BCUT2D eigenvalue weighted by Crippen LogP contribution is 2.26. The molecule has 0 saturated carbocycles. The number of nitrogens with zero attached hydrogens (tertiary/aromatic N) is 1. The van der Waals surface area contributed by atoms with E-state index in [0.29, 0.717) is 10.9 Å². The molecule has 4 heteroatoms. The van der Waals surface area contributed by atoms with Gasteiger partial charge >= 0.3 is 0 Å². The highest BCUT2D eigenvalue weighted by molar-refractivity contribution is 9.10. The standard InChI is InChI=1S/C13H12BrFN2/c14-13-10(5-3-6-11(13)15)12(16)8-9-4-1-2-7-17-9/h1-7,12H,8,16H2. The van der Waals surface area contributed by atoms with Gasteiger partial charge in [-0.15, -0.1) is 0 Å². The SMILES string of the molecule is NC(Cc1ccccn1)c1cccc(F)c1Br. The van der Waals surface area contributed by atoms with Crippen molar-refractivity contribution in [2.45, 2.75) is 12.5 Å². The van der Waals surface area contributed by atoms with E-state index < -0.39 is 0 Å². The molecule has 2 aromatic rings. The average molecular weight is 295 g/mol. The summed E-state index contributed by atoms with van der Waals surface area (Å²) in [5.74, 6) is -0.293. The lowest BCUT2D eigenvalue weighted by atomic mass is 10.0. The van der Waals surface area contributed by atoms with E-state index in [1.54, 1.807) is 12.3 Å². The van der Waals surface area contributed by atoms with Crippen molar-refractivity contribution in [1.82, 2.24) is 4.98 Å². The van der Waals surface area contributed by atoms with Crippen LogP contribution in [0.3, 0.4) is 0 Å². The molecular formula is C13H12BrFN2. The number of rotatable bonds is 3. The first-order chi connectivity index (χ1) is 8.18. The fraction of sp³-hybridized carbons (Fsp3) is 0.154. The van der Waals surface area contributed by atoms with Gasteiger partial charge in [-0.25, -0.2) is 4.39 Å². The van der Waals surface area contributed by atoms with Gasteiger partial charge in [-0.1, -0.05) is 18.2 Å². The molecule has 0 bridgehead atoms. The zero-order valence-corrected chi connectivity index (χ0v) is 10.7. The summed E-state index contributed by atoms with van der Waals surface area (Å²) in [5.41, 5.74) is 7.72. The molecule has 17 heavy (non-hydrogen) atoms. The van der Waals surface area contributed by atoms with Gasteiger partial charge in [0.2, 0.25) is 0 Å². The van der Waals surface area contributed by atoms with E-state index in [1.165, 1.54) is 6.07 Å². The lowest BCUT2D eigenvalue weighted by molar-refractivity contribution is 0.609. The van der Waals surface area contributed by atoms with E-state index in [1.807, 2.05) is 24.3 Å². The molecule has 1 atom stereocenters. The number of hydrogen-bond donors (Lipinski definition) is 1. The summed E-state index contributed by atoms with van der Waals surface area (Å²) >= 11 is 3.22. The monoisotopic (exact) mass is 294 g/mol. The quantitative estimate of drug-likeness (QED) is 0.944. The minimum Gasteiger partial charge on any atom is -0.324 e. The molecule has 1 aromatic heterocycles. The summed E-state index contributed by atoms with van der Waals surface area (Å²) in [6.45, 7) is 0. The third kappa shape index (κ3) is 2.90. The first-order valence-electron chi connectivity index (χ1n) is 5.28. The van der Waals surface area contributed by atoms with Crippen molar-refractivity contribution in [2.75, 3.05) is 0 Å². The van der Waals surface area contributed by atoms with Crippen LogP contribution < -0.4 is 5.73 Å². The Balaban J connectivity index is 2.20. The Morgan fingerprint density at radius 1 is 1.24 bits per heavy atom. The maximum atomic E-state index is 13.4. The smallest absolute Gasteiger partial charge is 0.137 e. The average Bonchev–Trinajstić information content (AvgIpc) is 2.34. The van der Waals surface area contributed by atoms with Crippen LogP contribution in [-0.2, 0) is 6.42 Å². The number of halogens is 2. The first-order valence-corrected chi connectivity index (χ1v) is 6.07. The van der Waals surface area contributed by atoms with Gasteiger partial charge in [0.15, 0.2) is 0 Å². The van der Waals surface area contributed by atoms with Crippen LogP contribution in [0.25, 0.3) is 0 Å². The number of pyridine rings is 1. The lowest BCUT2D eigenvalue weighted by Crippen LogP contribution is -2.15. The third-order valence-electron chi connectivity index (χ3n) is 2.54. The van der Waals surface area contributed by atoms with Gasteiger partial charge in [0, 0.05) is 24.4 Å². The molecule has 2 nitrogen and oxygen atoms in total. The predicted octanol–water partition coefficient (Wildman–Crippen LogP) is 3.23. The molecule has 0 fully saturated rings. The second-order valence-corrected chi connectivity index (χ2v) is 4.57. The highest BCUT2D eigenvalue weighted by atomic mass is 79.9. The van der Waals surface area contributed by atoms with Crippen LogP contribution in [-0.4, -0.2) is 4.98 Å². The van der Waals surface area contributed by atoms with Gasteiger partial charge < -0.3 is 5.73 Å². The minimum atomic E-state index is -0.293. The van der Waals surface area contributed by atoms with Gasteiger partial charge in [0.25, 0.3) is 0 Å². The number of benzene rings is 1. The minimum absolute atomic E-state index is 0.269. The largest absolute Gasteiger partial charge is 0.324 e. The van der Waals surface area contributed by atoms with Gasteiger partial charge in [0.1, 0.15) is 5.82 Å². The van der Waals surface area contributed by atoms with E-state index in [2.05, 4.69) is 20.9 Å². The molecule has 0 aliphatic rings. The van der Waals surface area contributed by atoms with E-state index >= 15 is 0 Å². The maximum Gasteiger partial charge on any atom is 0.137 e. The van der Waals surface area contributed by atoms with Gasteiger partial charge in [0.05, 0.1) is 4.47 Å². The summed E-state index contributed by atoms with van der Waals surface area (Å²) < 4.78 is 13.8. The third-order valence-corrected chi connectivity index (χ3v) is 3.37. The second kappa shape index (κ2) is 5.38. The summed E-state index contributed by atoms with van der Waals surface area (Å²) in [4.78, 5) is 4.21. The number of nitrogens with two attached hydrogens (primary N) is 1. The predicted molar refractivity (Wildman–Crippen MR) is 69.0 cm³/mol. The van der Waals surface area contributed by atoms with Crippen LogP contribution in [0, 0.1) is 5.82 Å². The molecule has 0 aliphatic carbocycles. The molecule has 1 unspecified atom stereocenters. The molecule has 1 aromatic carbocycles. The van der Waals surface area contributed by atoms with Gasteiger partial charge in [-0.2, -0.15) is 0 Å². The molecule has 0 amide bonds. The van der Waals surface area contributed by atoms with Crippen LogP contribution in [0.2, 0.25) is 0 Å². The van der Waals surface area contributed by atoms with Crippen LogP contribution in [0.4, 0.5) is 4.39 Å². The van der Waals surface area contributed by atoms with Crippen LogP contribution in [0.5, 0.6) is 0 Å². The highest BCUT2D eigenvalue weighted by Gasteiger charge is 2.13. The van der Waals surface area contributed by atoms with E-state index in [0.717, 1.165) is 11.3 Å². The summed E-state index contributed by atoms with van der Waals surface area (Å²) in [6, 6.07) is 10.3. The molecule has 2 N–H and O–H groups in total. The Hall–Kier alpha value is -1.26. The van der Waals surface area contributed by atoms with E-state index in [9.17, 15) is 4.39 Å². The van der Waals surface area contributed by atoms with Crippen molar-refractivity contribution >= 4 is 15.9 Å². The van der Waals surface area contributed by atoms with Crippen LogP contribution in [0.1, 0.15) is 17.3 Å². The van der Waals surface area contributed by atoms with E-state index in [-0.39, 0.29) is 11.9 Å². The second-order valence-electron chi connectivity index (χ2n) is 3.77. The van der Waals surface area contributed by atoms with Crippen molar-refractivity contribution < 1.29 is 4.39 Å². The Morgan fingerprint density at radius 2 is 2.06 bits per heavy atom. The topological polar surface area (TPSA) is 38.9 Å². The molecule has 0 radical (unpaired) electrons. The summed E-state index contributed by atoms with van der Waals surface area (Å²) in [7, 11) is 0. The zero-order valence-electron chi connectivity index (χ0n) is 9.11. The molecule has 88 valence electrons. The summed E-state index contributed by atoms with van der Waals surface area (Å²) in [6.07, 6.45) is 2.31. The Bertz CT molecular complexity index is 502. The number of aromatic nitrogens is 1.